The van der Waals surface area contributed by atoms with Gasteiger partial charge >= 0.3 is 0 Å². The van der Waals surface area contributed by atoms with Crippen molar-refractivity contribution in [2.24, 2.45) is 11.6 Å². The fraction of sp³-hybridized carbons (Fsp3) is 0.862. The van der Waals surface area contributed by atoms with E-state index in [1.165, 1.54) is 5.01 Å². The molecule has 0 amide bonds. The zero-order valence-corrected chi connectivity index (χ0v) is 54.2. The Morgan fingerprint density at radius 2 is 0.937 bits per heavy atom. The number of hydrazine groups is 1. The Hall–Kier alpha value is -4.28. The molecule has 16 atom stereocenters. The Balaban J connectivity index is 0.907. The summed E-state index contributed by atoms with van der Waals surface area (Å²) in [5, 5.41) is 136. The van der Waals surface area contributed by atoms with Crippen LogP contribution in [-0.4, -0.2) is 340 Å². The normalized spacial score (nSPS) is 28.1. The van der Waals surface area contributed by atoms with Crippen molar-refractivity contribution < 1.29 is 113 Å². The molecule has 15 N–H and O–H groups in total. The van der Waals surface area contributed by atoms with E-state index in [0.29, 0.717) is 103 Å². The van der Waals surface area contributed by atoms with E-state index in [1.54, 1.807) is 20.2 Å². The van der Waals surface area contributed by atoms with Gasteiger partial charge < -0.3 is 124 Å². The van der Waals surface area contributed by atoms with E-state index in [-0.39, 0.29) is 91.4 Å². The largest absolute Gasteiger partial charge is 0.400 e. The van der Waals surface area contributed by atoms with Gasteiger partial charge in [-0.3, -0.25) is 9.80 Å². The molecule has 4 aliphatic rings. The molecule has 95 heavy (non-hydrogen) atoms. The smallest absolute Gasteiger partial charge is 0.160 e. The maximum atomic E-state index is 10.1. The van der Waals surface area contributed by atoms with Crippen LogP contribution in [0.3, 0.4) is 0 Å². The van der Waals surface area contributed by atoms with Crippen LogP contribution in [0.2, 0.25) is 0 Å². The van der Waals surface area contributed by atoms with Crippen LogP contribution >= 0.6 is 0 Å². The van der Waals surface area contributed by atoms with Crippen LogP contribution in [0, 0.1) is 0 Å². The summed E-state index contributed by atoms with van der Waals surface area (Å²) < 4.78 is 73.2. The molecule has 0 radical (unpaired) electrons. The second-order valence-electron chi connectivity index (χ2n) is 24.0. The van der Waals surface area contributed by atoms with Gasteiger partial charge in [-0.15, -0.1) is 15.3 Å². The number of ether oxygens (including phenoxy) is 12. The van der Waals surface area contributed by atoms with Crippen LogP contribution in [0.5, 0.6) is 0 Å². The molecule has 4 fully saturated rings. The summed E-state index contributed by atoms with van der Waals surface area (Å²) in [7, 11) is 0. The number of hydrogen-bond donors (Lipinski definition) is 13. The molecule has 0 spiro atoms. The van der Waals surface area contributed by atoms with Crippen molar-refractivity contribution in [3.8, 4) is 0 Å². The molecule has 0 bridgehead atoms. The highest BCUT2D eigenvalue weighted by Crippen LogP contribution is 2.25. The molecule has 37 heteroatoms. The lowest BCUT2D eigenvalue weighted by Crippen LogP contribution is -2.50. The topological polar surface area (TPSA) is 487 Å². The quantitative estimate of drug-likeness (QED) is 0.0142. The first kappa shape index (κ1) is 78.1. The Bertz CT molecular complexity index is 2550. The molecular formula is C58H104N14O23. The first-order valence-electron chi connectivity index (χ1n) is 32.7. The summed E-state index contributed by atoms with van der Waals surface area (Å²) in [6.07, 6.45) is -3.28. The third-order valence-corrected chi connectivity index (χ3v) is 16.3. The van der Waals surface area contributed by atoms with Crippen LogP contribution < -0.4 is 11.6 Å². The summed E-state index contributed by atoms with van der Waals surface area (Å²) in [5.74, 6) is 6.36. The zero-order valence-electron chi connectivity index (χ0n) is 54.2. The lowest BCUT2D eigenvalue weighted by Gasteiger charge is -2.36. The SMILES string of the molecule is CC(CCCCN(C/C(N)=C/N(N)CCOCCOC1CC(O)C(O)C(CO)O1)Cc1cn(CCOCCOC2CC(O)C(O)C(CO)O2)nn1)N(Cc1cn(CCOCCOC2CC(O)CC(CO)O2)nn1)Cc1cn(CCOCCOC2CC(O)C(O)C(CO)O2)nn1. The van der Waals surface area contributed by atoms with Crippen molar-refractivity contribution >= 4 is 0 Å². The van der Waals surface area contributed by atoms with Crippen LogP contribution in [0.1, 0.15) is 75.4 Å². The van der Waals surface area contributed by atoms with Crippen LogP contribution in [0.15, 0.2) is 30.5 Å². The van der Waals surface area contributed by atoms with Crippen molar-refractivity contribution in [3.63, 3.8) is 0 Å². The Morgan fingerprint density at radius 1 is 0.526 bits per heavy atom. The monoisotopic (exact) mass is 1360 g/mol. The summed E-state index contributed by atoms with van der Waals surface area (Å²) in [6, 6.07) is 0.0259. The van der Waals surface area contributed by atoms with Crippen molar-refractivity contribution in [1.82, 2.24) is 59.8 Å². The molecule has 7 rings (SSSR count). The van der Waals surface area contributed by atoms with Crippen molar-refractivity contribution in [1.29, 1.82) is 0 Å². The number of nitrogens with zero attached hydrogens (tertiary/aromatic N) is 12. The number of nitrogens with two attached hydrogens (primary N) is 2. The Morgan fingerprint density at radius 3 is 1.36 bits per heavy atom. The maximum absolute atomic E-state index is 10.1. The highest BCUT2D eigenvalue weighted by molar-refractivity contribution is 5.01. The molecule has 0 saturated carbocycles. The first-order valence-corrected chi connectivity index (χ1v) is 32.7. The van der Waals surface area contributed by atoms with E-state index in [0.717, 1.165) is 30.7 Å². The van der Waals surface area contributed by atoms with Crippen molar-refractivity contribution in [2.75, 3.05) is 125 Å². The average Bonchev–Trinajstić information content (AvgIpc) is 1.83. The summed E-state index contributed by atoms with van der Waals surface area (Å²) in [6.45, 7) is 7.22. The van der Waals surface area contributed by atoms with Gasteiger partial charge in [0.1, 0.15) is 36.6 Å². The van der Waals surface area contributed by atoms with Gasteiger partial charge in [0.15, 0.2) is 25.2 Å². The number of aliphatic hydroxyl groups is 11. The van der Waals surface area contributed by atoms with E-state index < -0.39 is 112 Å². The minimum atomic E-state index is -1.20. The van der Waals surface area contributed by atoms with Crippen LogP contribution in [0.4, 0.5) is 0 Å². The summed E-state index contributed by atoms with van der Waals surface area (Å²) in [5.41, 5.74) is 9.31. The van der Waals surface area contributed by atoms with E-state index in [1.807, 2.05) is 18.6 Å². The summed E-state index contributed by atoms with van der Waals surface area (Å²) >= 11 is 0. The zero-order chi connectivity index (χ0) is 67.9. The molecule has 0 aromatic carbocycles. The molecule has 3 aromatic heterocycles. The number of aromatic nitrogens is 9. The minimum Gasteiger partial charge on any atom is -0.400 e. The predicted octanol–water partition coefficient (Wildman–Crippen LogP) is -6.02. The van der Waals surface area contributed by atoms with Gasteiger partial charge in [0.25, 0.3) is 0 Å². The number of hydrogen-bond acceptors (Lipinski definition) is 34. The Kier molecular flexibility index (Phi) is 35.0. The van der Waals surface area contributed by atoms with Gasteiger partial charge in [-0.25, -0.2) is 19.9 Å². The van der Waals surface area contributed by atoms with Gasteiger partial charge in [0.05, 0.1) is 179 Å². The second kappa shape index (κ2) is 42.6. The van der Waals surface area contributed by atoms with Gasteiger partial charge in [0, 0.05) is 94.8 Å². The van der Waals surface area contributed by atoms with E-state index in [2.05, 4.69) is 47.7 Å². The molecule has 544 valence electrons. The third kappa shape index (κ3) is 27.8. The van der Waals surface area contributed by atoms with Crippen LogP contribution in [-0.2, 0) is 96.1 Å². The van der Waals surface area contributed by atoms with E-state index in [9.17, 15) is 56.2 Å². The predicted molar refractivity (Wildman–Crippen MR) is 326 cm³/mol. The molecule has 7 heterocycles. The number of aliphatic hydroxyl groups excluding tert-OH is 11. The van der Waals surface area contributed by atoms with E-state index >= 15 is 0 Å². The highest BCUT2D eigenvalue weighted by atomic mass is 16.7. The fourth-order valence-electron chi connectivity index (χ4n) is 11.0. The van der Waals surface area contributed by atoms with Crippen molar-refractivity contribution in [2.45, 2.75) is 196 Å². The Labute approximate surface area is 551 Å². The third-order valence-electron chi connectivity index (χ3n) is 16.3. The molecule has 0 aliphatic carbocycles. The average molecular weight is 1370 g/mol. The molecule has 16 unspecified atom stereocenters. The van der Waals surface area contributed by atoms with Crippen LogP contribution in [0.25, 0.3) is 0 Å². The van der Waals surface area contributed by atoms with Crippen molar-refractivity contribution in [3.05, 3.63) is 47.6 Å². The number of unbranched alkanes of at least 4 members (excludes halogenated alkanes) is 1. The second-order valence-corrected chi connectivity index (χ2v) is 24.0. The fourth-order valence-corrected chi connectivity index (χ4v) is 11.0. The lowest BCUT2D eigenvalue weighted by atomic mass is 10.0. The maximum Gasteiger partial charge on any atom is 0.160 e. The first-order chi connectivity index (χ1) is 46.0. The van der Waals surface area contributed by atoms with Gasteiger partial charge in [-0.05, 0) is 26.3 Å². The van der Waals surface area contributed by atoms with Gasteiger partial charge in [0.2, 0.25) is 0 Å². The van der Waals surface area contributed by atoms with Gasteiger partial charge in [-0.1, -0.05) is 22.1 Å². The molecule has 4 saturated heterocycles. The highest BCUT2D eigenvalue weighted by Gasteiger charge is 2.39. The molecule has 37 nitrogen and oxygen atoms in total. The number of rotatable bonds is 47. The molecule has 4 aliphatic heterocycles. The standard InChI is InChI=1S/C58H104N14O23/c1-39(68(30-42-33-71(65-62-42)8-12-85-15-18-88-52-23-44(77)22-45(35-73)92-52)31-43-34-72(66-63-43)9-13-87-17-21-91-55-26-48(80)58(83)51(38-76)95-55)4-2-3-5-67(27-40(59)28-69(60)6-10-84-14-19-89-53-24-46(78)56(81)49(36-74)93-53)29-41-32-70(64-61-41)7-11-86-16-20-90-54-25-47(79)57(82)50(37-75)94-54/h28,32-34,39,44-58,73-83H,2-27,29-31,35-38,59-60H2,1H3/b40-28-. The minimum absolute atomic E-state index is 0.0259. The lowest BCUT2D eigenvalue weighted by molar-refractivity contribution is -0.259. The summed E-state index contributed by atoms with van der Waals surface area (Å²) in [4.78, 5) is 4.43. The van der Waals surface area contributed by atoms with Gasteiger partial charge in [-0.2, -0.15) is 0 Å². The van der Waals surface area contributed by atoms with E-state index in [4.69, 9.17) is 68.4 Å². The molecule has 3 aromatic rings. The molecular weight excluding hydrogens is 1260 g/mol.